The molecular formula is C25H31N3O2S. The first-order valence-electron chi connectivity index (χ1n) is 10.7. The Kier molecular flexibility index (Phi) is 8.06. The highest BCUT2D eigenvalue weighted by Crippen LogP contribution is 2.31. The minimum absolute atomic E-state index is 0.0692. The molecule has 164 valence electrons. The van der Waals surface area contributed by atoms with Crippen LogP contribution in [0.25, 0.3) is 11.3 Å². The van der Waals surface area contributed by atoms with Crippen LogP contribution < -0.4 is 15.2 Å². The molecule has 3 N–H and O–H groups in total. The summed E-state index contributed by atoms with van der Waals surface area (Å²) in [4.78, 5) is 6.06. The summed E-state index contributed by atoms with van der Waals surface area (Å²) in [5.41, 5.74) is 8.38. The molecule has 0 atom stereocenters. The summed E-state index contributed by atoms with van der Waals surface area (Å²) in [6.07, 6.45) is 3.00. The van der Waals surface area contributed by atoms with Crippen molar-refractivity contribution in [3.63, 3.8) is 0 Å². The van der Waals surface area contributed by atoms with E-state index in [1.54, 1.807) is 23.5 Å². The maximum atomic E-state index is 7.40. The largest absolute Gasteiger partial charge is 0.494 e. The van der Waals surface area contributed by atoms with E-state index in [2.05, 4.69) is 32.9 Å². The van der Waals surface area contributed by atoms with Crippen LogP contribution in [0.3, 0.4) is 0 Å². The third-order valence-electron chi connectivity index (χ3n) is 4.93. The smallest absolute Gasteiger partial charge is 0.122 e. The number of aryl methyl sites for hydroxylation is 1. The summed E-state index contributed by atoms with van der Waals surface area (Å²) in [6.45, 7) is 7.85. The molecule has 0 saturated heterocycles. The molecule has 0 unspecified atom stereocenters. The van der Waals surface area contributed by atoms with E-state index in [1.807, 2.05) is 24.3 Å². The number of aromatic nitrogens is 1. The molecule has 1 heterocycles. The van der Waals surface area contributed by atoms with Gasteiger partial charge in [-0.1, -0.05) is 13.8 Å². The number of ether oxygens (including phenoxy) is 2. The van der Waals surface area contributed by atoms with Gasteiger partial charge in [0.25, 0.3) is 0 Å². The fourth-order valence-electron chi connectivity index (χ4n) is 3.13. The Morgan fingerprint density at radius 3 is 1.97 bits per heavy atom. The molecule has 0 aliphatic heterocycles. The molecule has 6 heteroatoms. The number of nitrogen functional groups attached to an aromatic ring is 1. The van der Waals surface area contributed by atoms with Gasteiger partial charge in [-0.15, -0.1) is 11.3 Å². The van der Waals surface area contributed by atoms with E-state index in [0.717, 1.165) is 42.0 Å². The average Bonchev–Trinajstić information content (AvgIpc) is 3.16. The molecule has 0 aliphatic rings. The van der Waals surface area contributed by atoms with E-state index in [9.17, 15) is 0 Å². The van der Waals surface area contributed by atoms with Crippen LogP contribution >= 0.6 is 11.3 Å². The van der Waals surface area contributed by atoms with Gasteiger partial charge in [-0.3, -0.25) is 5.41 Å². The van der Waals surface area contributed by atoms with E-state index in [4.69, 9.17) is 25.6 Å². The lowest BCUT2D eigenvalue weighted by Crippen LogP contribution is -2.10. The van der Waals surface area contributed by atoms with Gasteiger partial charge >= 0.3 is 0 Å². The fraction of sp³-hybridized carbons (Fsp3) is 0.360. The number of nitrogens with zero attached hydrogens (tertiary/aromatic N) is 1. The van der Waals surface area contributed by atoms with Crippen LogP contribution in [0.15, 0.2) is 48.5 Å². The highest BCUT2D eigenvalue weighted by Gasteiger charge is 2.12. The van der Waals surface area contributed by atoms with E-state index >= 15 is 0 Å². The second kappa shape index (κ2) is 11.0. The summed E-state index contributed by atoms with van der Waals surface area (Å²) in [5, 5.41) is 8.58. The van der Waals surface area contributed by atoms with Crippen molar-refractivity contribution >= 4 is 17.2 Å². The number of benzene rings is 2. The Bertz CT molecular complexity index is 979. The third-order valence-corrected chi connectivity index (χ3v) is 6.20. The first-order chi connectivity index (χ1) is 14.9. The third kappa shape index (κ3) is 6.56. The summed E-state index contributed by atoms with van der Waals surface area (Å²) >= 11 is 1.78. The molecule has 0 spiro atoms. The summed E-state index contributed by atoms with van der Waals surface area (Å²) in [5.74, 6) is 2.22. The Morgan fingerprint density at radius 2 is 1.48 bits per heavy atom. The number of amidine groups is 1. The number of thiazole rings is 1. The van der Waals surface area contributed by atoms with Crippen molar-refractivity contribution in [3.8, 4) is 22.8 Å². The molecule has 0 bridgehead atoms. The van der Waals surface area contributed by atoms with Gasteiger partial charge in [0.05, 0.1) is 23.9 Å². The van der Waals surface area contributed by atoms with Crippen LogP contribution in [0.2, 0.25) is 0 Å². The van der Waals surface area contributed by atoms with Gasteiger partial charge in [0.2, 0.25) is 0 Å². The first-order valence-corrected chi connectivity index (χ1v) is 11.5. The van der Waals surface area contributed by atoms with Gasteiger partial charge < -0.3 is 15.2 Å². The number of rotatable bonds is 11. The Hall–Kier alpha value is -2.86. The van der Waals surface area contributed by atoms with Crippen LogP contribution in [0.1, 0.15) is 54.5 Å². The van der Waals surface area contributed by atoms with Crippen molar-refractivity contribution in [3.05, 3.63) is 64.0 Å². The summed E-state index contributed by atoms with van der Waals surface area (Å²) < 4.78 is 11.6. The average molecular weight is 438 g/mol. The Balaban J connectivity index is 1.35. The molecule has 0 aliphatic carbocycles. The predicted molar refractivity (Wildman–Crippen MR) is 129 cm³/mol. The van der Waals surface area contributed by atoms with Crippen LogP contribution in [0.4, 0.5) is 0 Å². The van der Waals surface area contributed by atoms with Gasteiger partial charge in [0.1, 0.15) is 17.3 Å². The van der Waals surface area contributed by atoms with E-state index in [1.165, 1.54) is 9.88 Å². The normalized spacial score (nSPS) is 11.0. The zero-order chi connectivity index (χ0) is 22.2. The maximum absolute atomic E-state index is 7.40. The highest BCUT2D eigenvalue weighted by atomic mass is 32.1. The zero-order valence-corrected chi connectivity index (χ0v) is 19.3. The molecule has 0 saturated carbocycles. The molecule has 0 radical (unpaired) electrons. The van der Waals surface area contributed by atoms with Crippen molar-refractivity contribution in [1.29, 1.82) is 5.41 Å². The molecule has 31 heavy (non-hydrogen) atoms. The van der Waals surface area contributed by atoms with E-state index in [-0.39, 0.29) is 5.84 Å². The van der Waals surface area contributed by atoms with Gasteiger partial charge in [0.15, 0.2) is 0 Å². The standard InChI is InChI=1S/C25H31N3O2S/c1-17(2)25-28-23(18(3)31-25)19-7-11-21(12-8-19)29-15-5-4-6-16-30-22-13-9-20(10-14-22)24(26)27/h7-14,17H,4-6,15-16H2,1-3H3,(H3,26,27). The first kappa shape index (κ1) is 22.8. The van der Waals surface area contributed by atoms with E-state index in [0.29, 0.717) is 24.7 Å². The minimum atomic E-state index is 0.0692. The van der Waals surface area contributed by atoms with Gasteiger partial charge in [-0.25, -0.2) is 4.98 Å². The van der Waals surface area contributed by atoms with Crippen LogP contribution in [-0.2, 0) is 0 Å². The molecule has 5 nitrogen and oxygen atoms in total. The molecule has 1 aromatic heterocycles. The summed E-state index contributed by atoms with van der Waals surface area (Å²) in [7, 11) is 0. The molecule has 0 fully saturated rings. The van der Waals surface area contributed by atoms with Crippen LogP contribution in [0.5, 0.6) is 11.5 Å². The number of hydrogen-bond acceptors (Lipinski definition) is 5. The molecule has 3 aromatic rings. The van der Waals surface area contributed by atoms with Gasteiger partial charge in [-0.05, 0) is 74.7 Å². The van der Waals surface area contributed by atoms with Crippen molar-refractivity contribution < 1.29 is 9.47 Å². The number of nitrogens with two attached hydrogens (primary N) is 1. The molecule has 0 amide bonds. The van der Waals surface area contributed by atoms with Gasteiger partial charge in [0, 0.05) is 21.9 Å². The lowest BCUT2D eigenvalue weighted by atomic mass is 10.1. The van der Waals surface area contributed by atoms with Crippen molar-refractivity contribution in [2.45, 2.75) is 46.0 Å². The maximum Gasteiger partial charge on any atom is 0.122 e. The highest BCUT2D eigenvalue weighted by molar-refractivity contribution is 7.12. The molecule has 3 rings (SSSR count). The van der Waals surface area contributed by atoms with Crippen LogP contribution in [-0.4, -0.2) is 24.0 Å². The minimum Gasteiger partial charge on any atom is -0.494 e. The zero-order valence-electron chi connectivity index (χ0n) is 18.5. The number of hydrogen-bond donors (Lipinski definition) is 2. The quantitative estimate of drug-likeness (QED) is 0.214. The lowest BCUT2D eigenvalue weighted by Gasteiger charge is -2.08. The summed E-state index contributed by atoms with van der Waals surface area (Å²) in [6, 6.07) is 15.5. The predicted octanol–water partition coefficient (Wildman–Crippen LogP) is 6.15. The fourth-order valence-corrected chi connectivity index (χ4v) is 4.08. The number of nitrogens with one attached hydrogen (secondary N) is 1. The number of unbranched alkanes of at least 4 members (excludes halogenated alkanes) is 2. The van der Waals surface area contributed by atoms with Crippen molar-refractivity contribution in [2.24, 2.45) is 5.73 Å². The van der Waals surface area contributed by atoms with Crippen LogP contribution in [0, 0.1) is 12.3 Å². The lowest BCUT2D eigenvalue weighted by molar-refractivity contribution is 0.279. The van der Waals surface area contributed by atoms with Crippen molar-refractivity contribution in [2.75, 3.05) is 13.2 Å². The monoisotopic (exact) mass is 437 g/mol. The van der Waals surface area contributed by atoms with E-state index < -0.39 is 0 Å². The molecular weight excluding hydrogens is 406 g/mol. The SMILES string of the molecule is Cc1sc(C(C)C)nc1-c1ccc(OCCCCCOc2ccc(C(=N)N)cc2)cc1. The Morgan fingerprint density at radius 1 is 0.935 bits per heavy atom. The molecule has 2 aromatic carbocycles. The second-order valence-electron chi connectivity index (χ2n) is 7.83. The Labute approximate surface area is 188 Å². The van der Waals surface area contributed by atoms with Crippen molar-refractivity contribution in [1.82, 2.24) is 4.98 Å². The topological polar surface area (TPSA) is 81.2 Å². The second-order valence-corrected chi connectivity index (χ2v) is 9.07. The van der Waals surface area contributed by atoms with Gasteiger partial charge in [-0.2, -0.15) is 0 Å².